The molecule has 0 bridgehead atoms. The molecule has 2 aromatic rings. The van der Waals surface area contributed by atoms with Gasteiger partial charge in [0.05, 0.1) is 5.02 Å². The van der Waals surface area contributed by atoms with Gasteiger partial charge in [0.2, 0.25) is 5.95 Å². The van der Waals surface area contributed by atoms with Gasteiger partial charge in [0.25, 0.3) is 5.91 Å². The van der Waals surface area contributed by atoms with Crippen LogP contribution in [0.3, 0.4) is 0 Å². The molecule has 8 nitrogen and oxygen atoms in total. The number of halogens is 2. The maximum atomic E-state index is 12.6. The van der Waals surface area contributed by atoms with Crippen molar-refractivity contribution in [1.29, 1.82) is 0 Å². The van der Waals surface area contributed by atoms with Gasteiger partial charge >= 0.3 is 0 Å². The van der Waals surface area contributed by atoms with E-state index in [0.717, 1.165) is 43.6 Å². The smallest absolute Gasteiger partial charge is 0.260 e. The lowest BCUT2D eigenvalue weighted by molar-refractivity contribution is -0.133. The number of carbonyl (C=O) groups is 1. The van der Waals surface area contributed by atoms with E-state index in [2.05, 4.69) is 26.7 Å². The monoisotopic (exact) mass is 478 g/mol. The van der Waals surface area contributed by atoms with E-state index in [1.807, 2.05) is 13.0 Å². The standard InChI is InChI=1S/C22H28Cl2N6O2/c1-16-13-20(28-7-5-27(2)6-8-28)26-22(25-16)30-11-9-29(10-12-30)21(31)15-32-19-4-3-17(23)14-18(19)24/h3-4,13-14H,5-12,15H2,1-2H3. The molecule has 0 unspecified atom stereocenters. The van der Waals surface area contributed by atoms with Crippen molar-refractivity contribution < 1.29 is 9.53 Å². The van der Waals surface area contributed by atoms with Crippen LogP contribution in [0.25, 0.3) is 0 Å². The number of anilines is 2. The number of rotatable bonds is 5. The number of amides is 1. The normalized spacial score (nSPS) is 17.6. The van der Waals surface area contributed by atoms with Crippen molar-refractivity contribution in [2.24, 2.45) is 0 Å². The number of carbonyl (C=O) groups excluding carboxylic acids is 1. The fourth-order valence-electron chi connectivity index (χ4n) is 3.85. The van der Waals surface area contributed by atoms with Crippen LogP contribution in [0, 0.1) is 6.92 Å². The largest absolute Gasteiger partial charge is 0.482 e. The quantitative estimate of drug-likeness (QED) is 0.653. The van der Waals surface area contributed by atoms with E-state index in [9.17, 15) is 4.79 Å². The van der Waals surface area contributed by atoms with Crippen molar-refractivity contribution in [3.8, 4) is 5.75 Å². The van der Waals surface area contributed by atoms with Gasteiger partial charge in [-0.1, -0.05) is 23.2 Å². The van der Waals surface area contributed by atoms with E-state index in [1.165, 1.54) is 0 Å². The Morgan fingerprint density at radius 1 is 0.969 bits per heavy atom. The summed E-state index contributed by atoms with van der Waals surface area (Å²) in [5.41, 5.74) is 0.954. The summed E-state index contributed by atoms with van der Waals surface area (Å²) in [4.78, 5) is 30.7. The fraction of sp³-hybridized carbons (Fsp3) is 0.500. The molecule has 2 saturated heterocycles. The first-order valence-corrected chi connectivity index (χ1v) is 11.5. The van der Waals surface area contributed by atoms with Crippen molar-refractivity contribution in [2.45, 2.75) is 6.92 Å². The molecule has 4 rings (SSSR count). The minimum absolute atomic E-state index is 0.0597. The summed E-state index contributed by atoms with van der Waals surface area (Å²) in [6.45, 7) is 8.48. The third-order valence-corrected chi connectivity index (χ3v) is 6.35. The van der Waals surface area contributed by atoms with Gasteiger partial charge in [-0.3, -0.25) is 4.79 Å². The Morgan fingerprint density at radius 3 is 2.34 bits per heavy atom. The molecule has 1 aromatic carbocycles. The number of benzene rings is 1. The molecule has 0 atom stereocenters. The number of piperazine rings is 2. The summed E-state index contributed by atoms with van der Waals surface area (Å²) in [7, 11) is 2.14. The van der Waals surface area contributed by atoms with E-state index in [0.29, 0.717) is 42.0 Å². The molecule has 0 saturated carbocycles. The van der Waals surface area contributed by atoms with Crippen LogP contribution in [0.5, 0.6) is 5.75 Å². The van der Waals surface area contributed by atoms with E-state index < -0.39 is 0 Å². The van der Waals surface area contributed by atoms with E-state index in [-0.39, 0.29) is 12.5 Å². The minimum Gasteiger partial charge on any atom is -0.482 e. The van der Waals surface area contributed by atoms with Crippen molar-refractivity contribution in [1.82, 2.24) is 19.8 Å². The fourth-order valence-corrected chi connectivity index (χ4v) is 4.32. The summed E-state index contributed by atoms with van der Waals surface area (Å²) in [5, 5.41) is 0.918. The van der Waals surface area contributed by atoms with Crippen molar-refractivity contribution in [3.63, 3.8) is 0 Å². The van der Waals surface area contributed by atoms with Gasteiger partial charge in [-0.25, -0.2) is 4.98 Å². The number of hydrogen-bond donors (Lipinski definition) is 0. The first-order valence-electron chi connectivity index (χ1n) is 10.8. The lowest BCUT2D eigenvalue weighted by Gasteiger charge is -2.36. The molecule has 0 spiro atoms. The van der Waals surface area contributed by atoms with Crippen LogP contribution in [0.4, 0.5) is 11.8 Å². The molecule has 0 N–H and O–H groups in total. The summed E-state index contributed by atoms with van der Waals surface area (Å²) in [6.07, 6.45) is 0. The molecule has 2 fully saturated rings. The molecule has 10 heteroatoms. The Hall–Kier alpha value is -2.29. The number of hydrogen-bond acceptors (Lipinski definition) is 7. The molecule has 3 heterocycles. The van der Waals surface area contributed by atoms with Crippen molar-refractivity contribution in [2.75, 3.05) is 75.8 Å². The second kappa shape index (κ2) is 10.1. The van der Waals surface area contributed by atoms with Crippen LogP contribution in [0.1, 0.15) is 5.69 Å². The lowest BCUT2D eigenvalue weighted by atomic mass is 10.3. The molecule has 0 aliphatic carbocycles. The maximum Gasteiger partial charge on any atom is 0.260 e. The number of aromatic nitrogens is 2. The first kappa shape index (κ1) is 22.9. The Bertz CT molecular complexity index is 959. The second-order valence-corrected chi connectivity index (χ2v) is 9.03. The van der Waals surface area contributed by atoms with Crippen LogP contribution < -0.4 is 14.5 Å². The Kier molecular flexibility index (Phi) is 7.23. The number of aryl methyl sites for hydroxylation is 1. The second-order valence-electron chi connectivity index (χ2n) is 8.19. The molecule has 32 heavy (non-hydrogen) atoms. The summed E-state index contributed by atoms with van der Waals surface area (Å²) in [5.74, 6) is 2.09. The van der Waals surface area contributed by atoms with Crippen LogP contribution in [-0.4, -0.2) is 91.7 Å². The van der Waals surface area contributed by atoms with Gasteiger partial charge in [0.15, 0.2) is 6.61 Å². The van der Waals surface area contributed by atoms with Gasteiger partial charge in [0, 0.05) is 69.1 Å². The number of nitrogens with zero attached hydrogens (tertiary/aromatic N) is 6. The molecule has 172 valence electrons. The van der Waals surface area contributed by atoms with Gasteiger partial charge in [-0.2, -0.15) is 4.98 Å². The van der Waals surface area contributed by atoms with E-state index >= 15 is 0 Å². The van der Waals surface area contributed by atoms with Crippen molar-refractivity contribution >= 4 is 40.9 Å². The summed E-state index contributed by atoms with van der Waals surface area (Å²) >= 11 is 12.0. The number of ether oxygens (including phenoxy) is 1. The van der Waals surface area contributed by atoms with Gasteiger partial charge in [-0.15, -0.1) is 0 Å². The first-order chi connectivity index (χ1) is 15.4. The van der Waals surface area contributed by atoms with E-state index in [1.54, 1.807) is 23.1 Å². The van der Waals surface area contributed by atoms with E-state index in [4.69, 9.17) is 32.9 Å². The molecule has 2 aliphatic heterocycles. The molecule has 0 radical (unpaired) electrons. The van der Waals surface area contributed by atoms with Crippen LogP contribution >= 0.6 is 23.2 Å². The topological polar surface area (TPSA) is 65.0 Å². The van der Waals surface area contributed by atoms with Crippen LogP contribution in [-0.2, 0) is 4.79 Å². The van der Waals surface area contributed by atoms with Crippen LogP contribution in [0.15, 0.2) is 24.3 Å². The SMILES string of the molecule is Cc1cc(N2CCN(C)CC2)nc(N2CCN(C(=O)COc3ccc(Cl)cc3Cl)CC2)n1. The molecule has 1 amide bonds. The molecular weight excluding hydrogens is 451 g/mol. The molecule has 1 aromatic heterocycles. The third-order valence-electron chi connectivity index (χ3n) is 5.82. The average molecular weight is 479 g/mol. The maximum absolute atomic E-state index is 12.6. The summed E-state index contributed by atoms with van der Waals surface area (Å²) in [6, 6.07) is 7.00. The average Bonchev–Trinajstić information content (AvgIpc) is 2.78. The highest BCUT2D eigenvalue weighted by atomic mass is 35.5. The minimum atomic E-state index is -0.0704. The highest BCUT2D eigenvalue weighted by molar-refractivity contribution is 6.35. The Morgan fingerprint density at radius 2 is 1.66 bits per heavy atom. The van der Waals surface area contributed by atoms with Gasteiger partial charge in [0.1, 0.15) is 11.6 Å². The molecular formula is C22H28Cl2N6O2. The lowest BCUT2D eigenvalue weighted by Crippen LogP contribution is -2.50. The highest BCUT2D eigenvalue weighted by Crippen LogP contribution is 2.27. The van der Waals surface area contributed by atoms with Crippen LogP contribution in [0.2, 0.25) is 10.0 Å². The third kappa shape index (κ3) is 5.54. The van der Waals surface area contributed by atoms with Crippen molar-refractivity contribution in [3.05, 3.63) is 40.0 Å². The van der Waals surface area contributed by atoms with Gasteiger partial charge in [-0.05, 0) is 32.2 Å². The zero-order valence-corrected chi connectivity index (χ0v) is 19.9. The van der Waals surface area contributed by atoms with Gasteiger partial charge < -0.3 is 24.3 Å². The molecule has 2 aliphatic rings. The predicted molar refractivity (Wildman–Crippen MR) is 127 cm³/mol. The zero-order chi connectivity index (χ0) is 22.7. The number of likely N-dealkylation sites (N-methyl/N-ethyl adjacent to an activating group) is 1. The zero-order valence-electron chi connectivity index (χ0n) is 18.4. The Balaban J connectivity index is 1.32. The highest BCUT2D eigenvalue weighted by Gasteiger charge is 2.24. The predicted octanol–water partition coefficient (Wildman–Crippen LogP) is 2.57. The summed E-state index contributed by atoms with van der Waals surface area (Å²) < 4.78 is 5.60. The Labute approximate surface area is 198 Å².